The molecule has 2 fully saturated rings. The minimum atomic E-state index is 0. The van der Waals surface area contributed by atoms with E-state index in [0.717, 1.165) is 45.0 Å². The third kappa shape index (κ3) is 6.91. The fraction of sp³-hybridized carbons (Fsp3) is 0.682. The largest absolute Gasteiger partial charge is 0.497 e. The van der Waals surface area contributed by atoms with Crippen LogP contribution in [0.5, 0.6) is 5.75 Å². The lowest BCUT2D eigenvalue weighted by molar-refractivity contribution is -0.133. The lowest BCUT2D eigenvalue weighted by Crippen LogP contribution is -2.56. The molecule has 30 heavy (non-hydrogen) atoms. The average molecular weight is 461 g/mol. The van der Waals surface area contributed by atoms with Crippen molar-refractivity contribution in [2.75, 3.05) is 64.9 Å². The first-order valence-corrected chi connectivity index (χ1v) is 10.6. The van der Waals surface area contributed by atoms with Crippen molar-refractivity contribution in [1.82, 2.24) is 14.7 Å². The lowest BCUT2D eigenvalue weighted by Gasteiger charge is -2.44. The number of hydrogen-bond acceptors (Lipinski definition) is 5. The molecular weight excluding hydrogens is 423 g/mol. The van der Waals surface area contributed by atoms with Gasteiger partial charge in [0.25, 0.3) is 0 Å². The van der Waals surface area contributed by atoms with Gasteiger partial charge in [0.15, 0.2) is 0 Å². The number of carbonyl (C=O) groups excluding carboxylic acids is 1. The van der Waals surface area contributed by atoms with Gasteiger partial charge in [-0.2, -0.15) is 0 Å². The maximum atomic E-state index is 12.4. The third-order valence-corrected chi connectivity index (χ3v) is 6.28. The van der Waals surface area contributed by atoms with E-state index in [1.54, 1.807) is 7.11 Å². The maximum Gasteiger partial charge on any atom is 0.236 e. The highest BCUT2D eigenvalue weighted by atomic mass is 35.5. The summed E-state index contributed by atoms with van der Waals surface area (Å²) in [5, 5.41) is 0. The summed E-state index contributed by atoms with van der Waals surface area (Å²) in [6.07, 6.45) is 2.43. The van der Waals surface area contributed by atoms with E-state index in [-0.39, 0.29) is 36.8 Å². The van der Waals surface area contributed by atoms with Gasteiger partial charge in [-0.05, 0) is 57.5 Å². The van der Waals surface area contributed by atoms with Crippen LogP contribution in [-0.4, -0.2) is 92.7 Å². The summed E-state index contributed by atoms with van der Waals surface area (Å²) in [7, 11) is 3.61. The summed E-state index contributed by atoms with van der Waals surface area (Å²) in [4.78, 5) is 21.7. The van der Waals surface area contributed by atoms with Crippen LogP contribution >= 0.6 is 24.8 Å². The third-order valence-electron chi connectivity index (χ3n) is 6.28. The Kier molecular flexibility index (Phi) is 11.3. The Bertz CT molecular complexity index is 637. The van der Waals surface area contributed by atoms with Crippen LogP contribution in [0.4, 0.5) is 5.69 Å². The molecule has 3 rings (SSSR count). The number of likely N-dealkylation sites (tertiary alicyclic amines) is 1. The molecule has 0 saturated carbocycles. The number of piperazine rings is 1. The molecular formula is C22H38Cl2N4O2. The minimum absolute atomic E-state index is 0. The Labute approximate surface area is 194 Å². The Morgan fingerprint density at radius 3 is 2.30 bits per heavy atom. The zero-order valence-corrected chi connectivity index (χ0v) is 20.4. The van der Waals surface area contributed by atoms with Crippen LogP contribution in [0.1, 0.15) is 26.7 Å². The molecule has 0 spiro atoms. The Balaban J connectivity index is 0.00000225. The van der Waals surface area contributed by atoms with Gasteiger partial charge in [-0.3, -0.25) is 14.6 Å². The number of halogens is 2. The molecule has 1 atom stereocenters. The lowest BCUT2D eigenvalue weighted by atomic mass is 10.0. The Morgan fingerprint density at radius 1 is 1.10 bits per heavy atom. The molecule has 0 aromatic heterocycles. The Hall–Kier alpha value is -1.21. The number of methoxy groups -OCH3 is 1. The monoisotopic (exact) mass is 460 g/mol. The van der Waals surface area contributed by atoms with Gasteiger partial charge in [0, 0.05) is 57.5 Å². The van der Waals surface area contributed by atoms with Gasteiger partial charge in [0.05, 0.1) is 13.7 Å². The molecule has 6 nitrogen and oxygen atoms in total. The fourth-order valence-electron chi connectivity index (χ4n) is 4.20. The van der Waals surface area contributed by atoms with Crippen molar-refractivity contribution in [3.63, 3.8) is 0 Å². The van der Waals surface area contributed by atoms with E-state index in [1.165, 1.54) is 18.5 Å². The number of carbonyl (C=O) groups is 1. The molecule has 2 aliphatic heterocycles. The first-order valence-electron chi connectivity index (χ1n) is 10.6. The second kappa shape index (κ2) is 12.6. The van der Waals surface area contributed by atoms with Crippen LogP contribution in [0.25, 0.3) is 0 Å². The number of rotatable bonds is 6. The number of hydrogen-bond donors (Lipinski definition) is 0. The Morgan fingerprint density at radius 2 is 1.73 bits per heavy atom. The van der Waals surface area contributed by atoms with Crippen molar-refractivity contribution in [2.45, 2.75) is 38.8 Å². The molecule has 8 heteroatoms. The van der Waals surface area contributed by atoms with E-state index in [9.17, 15) is 4.79 Å². The first kappa shape index (κ1) is 26.8. The molecule has 0 N–H and O–H groups in total. The normalized spacial score (nSPS) is 20.3. The van der Waals surface area contributed by atoms with Gasteiger partial charge in [0.1, 0.15) is 5.75 Å². The second-order valence-electron chi connectivity index (χ2n) is 8.35. The van der Waals surface area contributed by atoms with Crippen LogP contribution in [0.2, 0.25) is 0 Å². The van der Waals surface area contributed by atoms with Crippen molar-refractivity contribution in [2.24, 2.45) is 0 Å². The second-order valence-corrected chi connectivity index (χ2v) is 8.35. The van der Waals surface area contributed by atoms with E-state index in [0.29, 0.717) is 12.6 Å². The highest BCUT2D eigenvalue weighted by Gasteiger charge is 2.29. The summed E-state index contributed by atoms with van der Waals surface area (Å²) in [5.41, 5.74) is 1.27. The molecule has 1 aromatic carbocycles. The van der Waals surface area contributed by atoms with Crippen molar-refractivity contribution >= 4 is 36.4 Å². The van der Waals surface area contributed by atoms with Crippen LogP contribution < -0.4 is 9.64 Å². The predicted molar refractivity (Wildman–Crippen MR) is 129 cm³/mol. The molecule has 2 heterocycles. The molecule has 0 bridgehead atoms. The van der Waals surface area contributed by atoms with Crippen molar-refractivity contribution in [1.29, 1.82) is 0 Å². The number of nitrogens with zero attached hydrogens (tertiary/aromatic N) is 4. The van der Waals surface area contributed by atoms with Gasteiger partial charge in [-0.25, -0.2) is 0 Å². The highest BCUT2D eigenvalue weighted by molar-refractivity contribution is 5.85. The summed E-state index contributed by atoms with van der Waals surface area (Å²) in [5.74, 6) is 1.14. The van der Waals surface area contributed by atoms with Crippen molar-refractivity contribution in [3.8, 4) is 5.75 Å². The van der Waals surface area contributed by atoms with Crippen LogP contribution in [0.15, 0.2) is 24.3 Å². The zero-order chi connectivity index (χ0) is 20.1. The van der Waals surface area contributed by atoms with E-state index >= 15 is 0 Å². The topological polar surface area (TPSA) is 39.3 Å². The molecule has 0 radical (unpaired) electrons. The zero-order valence-electron chi connectivity index (χ0n) is 18.7. The SMILES string of the molecule is COc1ccc(N2CCN(C3CCCN(CC(=O)N(C)C(C)C)C3)CC2)cc1.Cl.Cl. The molecule has 0 aliphatic carbocycles. The van der Waals surface area contributed by atoms with Gasteiger partial charge < -0.3 is 14.5 Å². The van der Waals surface area contributed by atoms with Crippen LogP contribution in [0.3, 0.4) is 0 Å². The fourth-order valence-corrected chi connectivity index (χ4v) is 4.20. The van der Waals surface area contributed by atoms with E-state index in [4.69, 9.17) is 4.74 Å². The molecule has 2 saturated heterocycles. The molecule has 172 valence electrons. The van der Waals surface area contributed by atoms with Crippen LogP contribution in [0, 0.1) is 0 Å². The number of likely N-dealkylation sites (N-methyl/N-ethyl adjacent to an activating group) is 1. The number of piperidine rings is 1. The standard InChI is InChI=1S/C22H36N4O2.2ClH/c1-18(2)23(3)22(27)17-24-11-5-6-20(16-24)26-14-12-25(13-15-26)19-7-9-21(28-4)10-8-19;;/h7-10,18,20H,5-6,11-17H2,1-4H3;2*1H. The van der Waals surface area contributed by atoms with Crippen LogP contribution in [-0.2, 0) is 4.79 Å². The summed E-state index contributed by atoms with van der Waals surface area (Å²) >= 11 is 0. The maximum absolute atomic E-state index is 12.4. The quantitative estimate of drug-likeness (QED) is 0.652. The summed E-state index contributed by atoms with van der Waals surface area (Å²) in [6, 6.07) is 9.20. The minimum Gasteiger partial charge on any atom is -0.497 e. The summed E-state index contributed by atoms with van der Waals surface area (Å²) in [6.45, 7) is 11.0. The van der Waals surface area contributed by atoms with E-state index in [2.05, 4.69) is 40.7 Å². The molecule has 1 amide bonds. The number of anilines is 1. The van der Waals surface area contributed by atoms with E-state index < -0.39 is 0 Å². The average Bonchev–Trinajstić information content (AvgIpc) is 2.73. The smallest absolute Gasteiger partial charge is 0.236 e. The van der Waals surface area contributed by atoms with Gasteiger partial charge in [0.2, 0.25) is 5.91 Å². The highest BCUT2D eigenvalue weighted by Crippen LogP contribution is 2.23. The molecule has 1 unspecified atom stereocenters. The van der Waals surface area contributed by atoms with Crippen molar-refractivity contribution in [3.05, 3.63) is 24.3 Å². The van der Waals surface area contributed by atoms with E-state index in [1.807, 2.05) is 24.1 Å². The van der Waals surface area contributed by atoms with Gasteiger partial charge in [-0.1, -0.05) is 0 Å². The number of amides is 1. The van der Waals surface area contributed by atoms with Gasteiger partial charge >= 0.3 is 0 Å². The van der Waals surface area contributed by atoms with Gasteiger partial charge in [-0.15, -0.1) is 24.8 Å². The van der Waals surface area contributed by atoms with Crippen molar-refractivity contribution < 1.29 is 9.53 Å². The molecule has 1 aromatic rings. The number of ether oxygens (including phenoxy) is 1. The predicted octanol–water partition coefficient (Wildman–Crippen LogP) is 2.99. The number of benzene rings is 1. The molecule has 2 aliphatic rings. The first-order chi connectivity index (χ1) is 13.5. The summed E-state index contributed by atoms with van der Waals surface area (Å²) < 4.78 is 5.26.